The Kier molecular flexibility index (Phi) is 5.80. The highest BCUT2D eigenvalue weighted by atomic mass is 32.1. The van der Waals surface area contributed by atoms with Crippen LogP contribution >= 0.6 is 11.3 Å². The van der Waals surface area contributed by atoms with Crippen LogP contribution in [0.3, 0.4) is 0 Å². The SMILES string of the molecule is CNC(CCC(C)C)Cc1nc(C(C)(C)C)cs1. The zero-order valence-electron chi connectivity index (χ0n) is 12.7. The van der Waals surface area contributed by atoms with Crippen LogP contribution in [0.25, 0.3) is 0 Å². The number of hydrogen-bond donors (Lipinski definition) is 1. The van der Waals surface area contributed by atoms with E-state index in [9.17, 15) is 0 Å². The Morgan fingerprint density at radius 2 is 1.94 bits per heavy atom. The van der Waals surface area contributed by atoms with Crippen LogP contribution in [-0.4, -0.2) is 18.1 Å². The Morgan fingerprint density at radius 3 is 2.39 bits per heavy atom. The summed E-state index contributed by atoms with van der Waals surface area (Å²) >= 11 is 1.80. The number of aromatic nitrogens is 1. The summed E-state index contributed by atoms with van der Waals surface area (Å²) < 4.78 is 0. The molecule has 0 saturated heterocycles. The Morgan fingerprint density at radius 1 is 1.28 bits per heavy atom. The topological polar surface area (TPSA) is 24.9 Å². The first-order valence-electron chi connectivity index (χ1n) is 6.95. The summed E-state index contributed by atoms with van der Waals surface area (Å²) in [4.78, 5) is 4.77. The van der Waals surface area contributed by atoms with Gasteiger partial charge in [0.05, 0.1) is 10.7 Å². The lowest BCUT2D eigenvalue weighted by Crippen LogP contribution is -2.28. The maximum atomic E-state index is 4.77. The molecule has 0 fully saturated rings. The third-order valence-corrected chi connectivity index (χ3v) is 4.11. The second kappa shape index (κ2) is 6.67. The second-order valence-corrected chi connectivity index (χ2v) is 7.48. The molecule has 0 radical (unpaired) electrons. The summed E-state index contributed by atoms with van der Waals surface area (Å²) in [6, 6.07) is 0.561. The molecular weight excluding hydrogens is 240 g/mol. The van der Waals surface area contributed by atoms with Gasteiger partial charge in [0.2, 0.25) is 0 Å². The first kappa shape index (κ1) is 15.6. The van der Waals surface area contributed by atoms with Gasteiger partial charge in [0, 0.05) is 23.3 Å². The van der Waals surface area contributed by atoms with Gasteiger partial charge in [-0.05, 0) is 25.8 Å². The molecule has 0 aliphatic rings. The lowest BCUT2D eigenvalue weighted by Gasteiger charge is -2.16. The Bertz CT molecular complexity index is 350. The van der Waals surface area contributed by atoms with Crippen LogP contribution in [0.1, 0.15) is 58.2 Å². The van der Waals surface area contributed by atoms with Gasteiger partial charge in [-0.3, -0.25) is 0 Å². The summed E-state index contributed by atoms with van der Waals surface area (Å²) in [5, 5.41) is 6.90. The van der Waals surface area contributed by atoms with Gasteiger partial charge in [-0.25, -0.2) is 4.98 Å². The normalized spacial score (nSPS) is 14.2. The van der Waals surface area contributed by atoms with Crippen LogP contribution in [0.5, 0.6) is 0 Å². The van der Waals surface area contributed by atoms with E-state index >= 15 is 0 Å². The Labute approximate surface area is 116 Å². The molecule has 3 heteroatoms. The van der Waals surface area contributed by atoms with Crippen LogP contribution in [0.2, 0.25) is 0 Å². The Hall–Kier alpha value is -0.410. The number of likely N-dealkylation sites (N-methyl/N-ethyl adjacent to an activating group) is 1. The summed E-state index contributed by atoms with van der Waals surface area (Å²) in [7, 11) is 2.06. The molecule has 1 heterocycles. The fraction of sp³-hybridized carbons (Fsp3) is 0.800. The maximum Gasteiger partial charge on any atom is 0.0944 e. The number of rotatable bonds is 6. The Balaban J connectivity index is 2.57. The van der Waals surface area contributed by atoms with Crippen molar-refractivity contribution >= 4 is 11.3 Å². The number of hydrogen-bond acceptors (Lipinski definition) is 3. The predicted molar refractivity (Wildman–Crippen MR) is 81.4 cm³/mol. The van der Waals surface area contributed by atoms with E-state index in [-0.39, 0.29) is 5.41 Å². The average Bonchev–Trinajstić information content (AvgIpc) is 2.71. The summed E-state index contributed by atoms with van der Waals surface area (Å²) in [5.74, 6) is 0.780. The smallest absolute Gasteiger partial charge is 0.0944 e. The van der Waals surface area contributed by atoms with Gasteiger partial charge < -0.3 is 5.32 Å². The average molecular weight is 268 g/mol. The van der Waals surface area contributed by atoms with Gasteiger partial charge in [0.1, 0.15) is 0 Å². The third kappa shape index (κ3) is 5.07. The molecule has 0 aliphatic heterocycles. The van der Waals surface area contributed by atoms with Crippen molar-refractivity contribution in [2.75, 3.05) is 7.05 Å². The van der Waals surface area contributed by atoms with E-state index in [0.717, 1.165) is 12.3 Å². The number of nitrogens with one attached hydrogen (secondary N) is 1. The predicted octanol–water partition coefficient (Wildman–Crippen LogP) is 4.01. The quantitative estimate of drug-likeness (QED) is 0.843. The van der Waals surface area contributed by atoms with Crippen LogP contribution in [0.4, 0.5) is 0 Å². The van der Waals surface area contributed by atoms with Crippen molar-refractivity contribution in [3.8, 4) is 0 Å². The van der Waals surface area contributed by atoms with Crippen molar-refractivity contribution in [2.45, 2.75) is 65.3 Å². The first-order valence-corrected chi connectivity index (χ1v) is 7.83. The molecule has 1 rings (SSSR count). The van der Waals surface area contributed by atoms with Crippen molar-refractivity contribution in [3.05, 3.63) is 16.1 Å². The van der Waals surface area contributed by atoms with Crippen LogP contribution < -0.4 is 5.32 Å². The molecule has 104 valence electrons. The van der Waals surface area contributed by atoms with Gasteiger partial charge in [-0.15, -0.1) is 11.3 Å². The molecule has 1 aromatic heterocycles. The van der Waals surface area contributed by atoms with Crippen molar-refractivity contribution in [1.82, 2.24) is 10.3 Å². The zero-order chi connectivity index (χ0) is 13.8. The van der Waals surface area contributed by atoms with Crippen molar-refractivity contribution in [1.29, 1.82) is 0 Å². The maximum absolute atomic E-state index is 4.77. The van der Waals surface area contributed by atoms with E-state index in [4.69, 9.17) is 4.98 Å². The van der Waals surface area contributed by atoms with E-state index < -0.39 is 0 Å². The molecule has 1 atom stereocenters. The highest BCUT2D eigenvalue weighted by Crippen LogP contribution is 2.24. The summed E-state index contributed by atoms with van der Waals surface area (Å²) in [5.41, 5.74) is 1.39. The molecule has 0 aliphatic carbocycles. The van der Waals surface area contributed by atoms with E-state index in [2.05, 4.69) is 52.4 Å². The van der Waals surface area contributed by atoms with E-state index in [0.29, 0.717) is 6.04 Å². The molecule has 0 aromatic carbocycles. The van der Waals surface area contributed by atoms with Crippen LogP contribution in [0.15, 0.2) is 5.38 Å². The fourth-order valence-electron chi connectivity index (χ4n) is 1.84. The second-order valence-electron chi connectivity index (χ2n) is 6.54. The molecule has 1 N–H and O–H groups in total. The summed E-state index contributed by atoms with van der Waals surface area (Å²) in [6.45, 7) is 11.2. The van der Waals surface area contributed by atoms with Gasteiger partial charge in [0.15, 0.2) is 0 Å². The standard InChI is InChI=1S/C15H28N2S/c1-11(2)7-8-12(16-6)9-14-17-13(10-18-14)15(3,4)5/h10-12,16H,7-9H2,1-6H3. The lowest BCUT2D eigenvalue weighted by molar-refractivity contribution is 0.449. The first-order chi connectivity index (χ1) is 8.32. The summed E-state index contributed by atoms with van der Waals surface area (Å²) in [6.07, 6.45) is 3.57. The molecule has 1 aromatic rings. The highest BCUT2D eigenvalue weighted by molar-refractivity contribution is 7.09. The molecule has 1 unspecified atom stereocenters. The largest absolute Gasteiger partial charge is 0.317 e. The van der Waals surface area contributed by atoms with Crippen molar-refractivity contribution in [2.24, 2.45) is 5.92 Å². The minimum atomic E-state index is 0.168. The molecule has 0 bridgehead atoms. The monoisotopic (exact) mass is 268 g/mol. The minimum Gasteiger partial charge on any atom is -0.317 e. The highest BCUT2D eigenvalue weighted by Gasteiger charge is 2.18. The van der Waals surface area contributed by atoms with E-state index in [1.54, 1.807) is 11.3 Å². The van der Waals surface area contributed by atoms with Gasteiger partial charge >= 0.3 is 0 Å². The molecule has 0 spiro atoms. The molecule has 2 nitrogen and oxygen atoms in total. The van der Waals surface area contributed by atoms with E-state index in [1.165, 1.54) is 23.5 Å². The van der Waals surface area contributed by atoms with Gasteiger partial charge in [-0.2, -0.15) is 0 Å². The van der Waals surface area contributed by atoms with Gasteiger partial charge in [-0.1, -0.05) is 34.6 Å². The molecule has 18 heavy (non-hydrogen) atoms. The van der Waals surface area contributed by atoms with Crippen molar-refractivity contribution < 1.29 is 0 Å². The number of thiazole rings is 1. The number of nitrogens with zero attached hydrogens (tertiary/aromatic N) is 1. The van der Waals surface area contributed by atoms with E-state index in [1.807, 2.05) is 0 Å². The van der Waals surface area contributed by atoms with Crippen molar-refractivity contribution in [3.63, 3.8) is 0 Å². The lowest BCUT2D eigenvalue weighted by atomic mass is 9.93. The van der Waals surface area contributed by atoms with Crippen LogP contribution in [0, 0.1) is 5.92 Å². The third-order valence-electron chi connectivity index (χ3n) is 3.24. The van der Waals surface area contributed by atoms with Crippen LogP contribution in [-0.2, 0) is 11.8 Å². The minimum absolute atomic E-state index is 0.168. The molecule has 0 amide bonds. The fourth-order valence-corrected chi connectivity index (χ4v) is 2.95. The molecular formula is C15H28N2S. The molecule has 0 saturated carbocycles. The van der Waals surface area contributed by atoms with Gasteiger partial charge in [0.25, 0.3) is 0 Å². The zero-order valence-corrected chi connectivity index (χ0v) is 13.5.